The van der Waals surface area contributed by atoms with Gasteiger partial charge in [0.05, 0.1) is 12.2 Å². The van der Waals surface area contributed by atoms with Crippen molar-refractivity contribution in [2.45, 2.75) is 59.2 Å². The number of piperidine rings is 1. The second-order valence-electron chi connectivity index (χ2n) is 7.46. The molecule has 122 valence electrons. The Morgan fingerprint density at radius 3 is 2.38 bits per heavy atom. The molecule has 2 aliphatic heterocycles. The van der Waals surface area contributed by atoms with Crippen molar-refractivity contribution in [3.05, 3.63) is 0 Å². The Morgan fingerprint density at radius 1 is 1.24 bits per heavy atom. The van der Waals surface area contributed by atoms with E-state index in [1.807, 2.05) is 0 Å². The van der Waals surface area contributed by atoms with E-state index < -0.39 is 0 Å². The second-order valence-corrected chi connectivity index (χ2v) is 7.46. The number of carbonyl (C=O) groups excluding carboxylic acids is 1. The van der Waals surface area contributed by atoms with Crippen molar-refractivity contribution in [3.8, 4) is 0 Å². The molecule has 21 heavy (non-hydrogen) atoms. The number of likely N-dealkylation sites (tertiary alicyclic amines) is 1. The van der Waals surface area contributed by atoms with E-state index in [1.165, 1.54) is 25.9 Å². The molecule has 0 saturated carbocycles. The monoisotopic (exact) mass is 295 g/mol. The van der Waals surface area contributed by atoms with E-state index in [1.54, 1.807) is 0 Å². The summed E-state index contributed by atoms with van der Waals surface area (Å²) in [5.74, 6) is 1.89. The zero-order valence-corrected chi connectivity index (χ0v) is 14.4. The van der Waals surface area contributed by atoms with Gasteiger partial charge in [-0.2, -0.15) is 0 Å². The van der Waals surface area contributed by atoms with E-state index in [2.05, 4.69) is 49.9 Å². The predicted molar refractivity (Wildman–Crippen MR) is 86.9 cm³/mol. The minimum Gasteiger partial charge on any atom is -0.325 e. The van der Waals surface area contributed by atoms with Gasteiger partial charge in [0.15, 0.2) is 0 Å². The number of nitrogens with zero attached hydrogens (tertiary/aromatic N) is 2. The molecule has 3 atom stereocenters. The van der Waals surface area contributed by atoms with Crippen LogP contribution in [0.15, 0.2) is 0 Å². The van der Waals surface area contributed by atoms with Crippen LogP contribution in [0.3, 0.4) is 0 Å². The molecule has 0 bridgehead atoms. The highest BCUT2D eigenvalue weighted by atomic mass is 16.2. The lowest BCUT2D eigenvalue weighted by atomic mass is 9.95. The lowest BCUT2D eigenvalue weighted by Gasteiger charge is -2.34. The van der Waals surface area contributed by atoms with Gasteiger partial charge >= 0.3 is 0 Å². The van der Waals surface area contributed by atoms with E-state index in [0.717, 1.165) is 13.0 Å². The van der Waals surface area contributed by atoms with Crippen LogP contribution in [0.4, 0.5) is 0 Å². The van der Waals surface area contributed by atoms with E-state index in [0.29, 0.717) is 23.7 Å². The highest BCUT2D eigenvalue weighted by Gasteiger charge is 2.42. The molecule has 2 heterocycles. The fraction of sp³-hybridized carbons (Fsp3) is 0.941. The number of hydrogen-bond acceptors (Lipinski definition) is 3. The molecule has 0 spiro atoms. The maximum Gasteiger partial charge on any atom is 0.241 e. The Hall–Kier alpha value is -0.610. The molecule has 2 aliphatic rings. The fourth-order valence-electron chi connectivity index (χ4n) is 3.58. The lowest BCUT2D eigenvalue weighted by Crippen LogP contribution is -2.45. The van der Waals surface area contributed by atoms with Crippen LogP contribution in [0.25, 0.3) is 0 Å². The fourth-order valence-corrected chi connectivity index (χ4v) is 3.58. The highest BCUT2D eigenvalue weighted by Crippen LogP contribution is 2.26. The molecule has 4 nitrogen and oxygen atoms in total. The first-order valence-corrected chi connectivity index (χ1v) is 8.69. The van der Waals surface area contributed by atoms with Crippen LogP contribution in [0, 0.1) is 17.8 Å². The lowest BCUT2D eigenvalue weighted by molar-refractivity contribution is -0.132. The van der Waals surface area contributed by atoms with Crippen LogP contribution in [0.1, 0.15) is 47.0 Å². The molecular formula is C17H33N3O. The van der Waals surface area contributed by atoms with Crippen LogP contribution >= 0.6 is 0 Å². The third-order valence-corrected chi connectivity index (χ3v) is 5.37. The van der Waals surface area contributed by atoms with Crippen LogP contribution in [0.2, 0.25) is 0 Å². The molecule has 4 heteroatoms. The van der Waals surface area contributed by atoms with Crippen molar-refractivity contribution in [2.24, 2.45) is 17.8 Å². The van der Waals surface area contributed by atoms with Crippen molar-refractivity contribution < 1.29 is 4.79 Å². The Balaban J connectivity index is 2.02. The third kappa shape index (κ3) is 3.78. The average molecular weight is 295 g/mol. The molecule has 2 rings (SSSR count). The van der Waals surface area contributed by atoms with Gasteiger partial charge in [0, 0.05) is 6.54 Å². The SMILES string of the molecule is CCC(C)C1NC(C(C)C)N(CC2CCN(C)CC2)C1=O. The Bertz CT molecular complexity index is 350. The van der Waals surface area contributed by atoms with Crippen LogP contribution in [-0.4, -0.2) is 54.6 Å². The molecule has 0 aliphatic carbocycles. The zero-order chi connectivity index (χ0) is 15.6. The van der Waals surface area contributed by atoms with Crippen molar-refractivity contribution in [2.75, 3.05) is 26.7 Å². The van der Waals surface area contributed by atoms with Gasteiger partial charge in [-0.3, -0.25) is 10.1 Å². The average Bonchev–Trinajstić information content (AvgIpc) is 2.78. The quantitative estimate of drug-likeness (QED) is 0.844. The summed E-state index contributed by atoms with van der Waals surface area (Å²) in [4.78, 5) is 17.4. The zero-order valence-electron chi connectivity index (χ0n) is 14.4. The first kappa shape index (κ1) is 16.8. The van der Waals surface area contributed by atoms with Crippen LogP contribution in [-0.2, 0) is 4.79 Å². The molecule has 0 aromatic carbocycles. The van der Waals surface area contributed by atoms with Crippen molar-refractivity contribution in [1.82, 2.24) is 15.1 Å². The summed E-state index contributed by atoms with van der Waals surface area (Å²) in [6, 6.07) is 0.0219. The van der Waals surface area contributed by atoms with Crippen molar-refractivity contribution in [1.29, 1.82) is 0 Å². The van der Waals surface area contributed by atoms with Crippen LogP contribution in [0.5, 0.6) is 0 Å². The maximum atomic E-state index is 12.8. The molecule has 0 aromatic heterocycles. The number of rotatable bonds is 5. The van der Waals surface area contributed by atoms with Gasteiger partial charge in [-0.25, -0.2) is 0 Å². The molecular weight excluding hydrogens is 262 g/mol. The normalized spacial score (nSPS) is 30.4. The molecule has 2 saturated heterocycles. The number of amides is 1. The van der Waals surface area contributed by atoms with Gasteiger partial charge in [0.2, 0.25) is 5.91 Å². The van der Waals surface area contributed by atoms with Gasteiger partial charge < -0.3 is 9.80 Å². The number of carbonyl (C=O) groups is 1. The summed E-state index contributed by atoms with van der Waals surface area (Å²) >= 11 is 0. The van der Waals surface area contributed by atoms with Gasteiger partial charge in [-0.05, 0) is 50.7 Å². The minimum atomic E-state index is 0.0219. The topological polar surface area (TPSA) is 35.6 Å². The summed E-state index contributed by atoms with van der Waals surface area (Å²) in [5.41, 5.74) is 0. The van der Waals surface area contributed by atoms with Crippen molar-refractivity contribution >= 4 is 5.91 Å². The summed E-state index contributed by atoms with van der Waals surface area (Å²) in [7, 11) is 2.19. The van der Waals surface area contributed by atoms with E-state index in [4.69, 9.17) is 0 Å². The Morgan fingerprint density at radius 2 is 1.86 bits per heavy atom. The second kappa shape index (κ2) is 7.10. The highest BCUT2D eigenvalue weighted by molar-refractivity contribution is 5.84. The number of hydrogen-bond donors (Lipinski definition) is 1. The largest absolute Gasteiger partial charge is 0.325 e. The van der Waals surface area contributed by atoms with E-state index in [9.17, 15) is 4.79 Å². The summed E-state index contributed by atoms with van der Waals surface area (Å²) in [5, 5.41) is 3.61. The Labute approximate surface area is 130 Å². The summed E-state index contributed by atoms with van der Waals surface area (Å²) in [6.07, 6.45) is 3.71. The molecule has 1 N–H and O–H groups in total. The molecule has 3 unspecified atom stereocenters. The first-order chi connectivity index (χ1) is 9.93. The minimum absolute atomic E-state index is 0.0219. The van der Waals surface area contributed by atoms with Gasteiger partial charge in [0.25, 0.3) is 0 Å². The molecule has 0 aromatic rings. The summed E-state index contributed by atoms with van der Waals surface area (Å²) < 4.78 is 0. The molecule has 0 radical (unpaired) electrons. The Kier molecular flexibility index (Phi) is 5.67. The van der Waals surface area contributed by atoms with Gasteiger partial charge in [0.1, 0.15) is 0 Å². The van der Waals surface area contributed by atoms with Gasteiger partial charge in [-0.1, -0.05) is 34.1 Å². The maximum absolute atomic E-state index is 12.8. The van der Waals surface area contributed by atoms with Crippen LogP contribution < -0.4 is 5.32 Å². The first-order valence-electron chi connectivity index (χ1n) is 8.69. The standard InChI is InChI=1S/C17H33N3O/c1-6-13(4)15-17(21)20(16(18-15)12(2)3)11-14-7-9-19(5)10-8-14/h12-16,18H,6-11H2,1-5H3. The predicted octanol–water partition coefficient (Wildman–Crippen LogP) is 2.16. The van der Waals surface area contributed by atoms with Gasteiger partial charge in [-0.15, -0.1) is 0 Å². The van der Waals surface area contributed by atoms with E-state index >= 15 is 0 Å². The van der Waals surface area contributed by atoms with Crippen molar-refractivity contribution in [3.63, 3.8) is 0 Å². The summed E-state index contributed by atoms with van der Waals surface area (Å²) in [6.45, 7) is 12.1. The molecule has 1 amide bonds. The number of nitrogens with one attached hydrogen (secondary N) is 1. The van der Waals surface area contributed by atoms with E-state index in [-0.39, 0.29) is 12.2 Å². The third-order valence-electron chi connectivity index (χ3n) is 5.37. The smallest absolute Gasteiger partial charge is 0.241 e. The molecule has 2 fully saturated rings.